The number of hydrogen-bond acceptors (Lipinski definition) is 1. The zero-order valence-corrected chi connectivity index (χ0v) is 7.68. The minimum absolute atomic E-state index is 0.337. The molecule has 0 aromatic carbocycles. The van der Waals surface area contributed by atoms with E-state index in [1.807, 2.05) is 13.0 Å². The van der Waals surface area contributed by atoms with Gasteiger partial charge in [-0.1, -0.05) is 18.2 Å². The molecule has 1 aliphatic carbocycles. The van der Waals surface area contributed by atoms with Gasteiger partial charge in [-0.3, -0.25) is 4.79 Å². The van der Waals surface area contributed by atoms with Gasteiger partial charge in [-0.05, 0) is 25.2 Å². The fraction of sp³-hybridized carbons (Fsp3) is 0.545. The average Bonchev–Trinajstić information content (AvgIpc) is 2.03. The molecular formula is C11H16O. The van der Waals surface area contributed by atoms with Gasteiger partial charge in [-0.2, -0.15) is 0 Å². The molecular weight excluding hydrogens is 148 g/mol. The Hall–Kier alpha value is -0.850. The molecule has 0 amide bonds. The van der Waals surface area contributed by atoms with Crippen molar-refractivity contribution in [3.63, 3.8) is 0 Å². The van der Waals surface area contributed by atoms with Crippen molar-refractivity contribution in [3.05, 3.63) is 24.8 Å². The maximum Gasteiger partial charge on any atom is 0.133 e. The highest BCUT2D eigenvalue weighted by molar-refractivity contribution is 5.79. The minimum atomic E-state index is 0.337. The Balaban J connectivity index is 2.68. The summed E-state index contributed by atoms with van der Waals surface area (Å²) in [6.45, 7) is 9.74. The Kier molecular flexibility index (Phi) is 2.85. The van der Waals surface area contributed by atoms with Crippen molar-refractivity contribution >= 4 is 5.78 Å². The lowest BCUT2D eigenvalue weighted by molar-refractivity contribution is -0.121. The minimum Gasteiger partial charge on any atom is -0.300 e. The first-order valence-electron chi connectivity index (χ1n) is 4.44. The van der Waals surface area contributed by atoms with Gasteiger partial charge in [0.1, 0.15) is 5.78 Å². The Morgan fingerprint density at radius 3 is 2.83 bits per heavy atom. The molecule has 1 heteroatoms. The molecule has 0 radical (unpaired) electrons. The van der Waals surface area contributed by atoms with Crippen molar-refractivity contribution in [1.29, 1.82) is 0 Å². The molecule has 66 valence electrons. The number of allylic oxidation sites excluding steroid dienone is 2. The van der Waals surface area contributed by atoms with Crippen molar-refractivity contribution in [2.45, 2.75) is 26.2 Å². The van der Waals surface area contributed by atoms with E-state index in [-0.39, 0.29) is 0 Å². The number of ketones is 1. The van der Waals surface area contributed by atoms with E-state index in [1.54, 1.807) is 0 Å². The molecule has 1 rings (SSSR count). The molecule has 0 N–H and O–H groups in total. The van der Waals surface area contributed by atoms with Gasteiger partial charge in [0.2, 0.25) is 0 Å². The van der Waals surface area contributed by atoms with E-state index in [2.05, 4.69) is 13.2 Å². The summed E-state index contributed by atoms with van der Waals surface area (Å²) in [6, 6.07) is 0. The number of hydrogen-bond donors (Lipinski definition) is 0. The molecule has 0 aliphatic heterocycles. The molecule has 12 heavy (non-hydrogen) atoms. The lowest BCUT2D eigenvalue weighted by Crippen LogP contribution is -2.23. The number of carbonyl (C=O) groups is 1. The van der Waals surface area contributed by atoms with E-state index in [0.29, 0.717) is 24.0 Å². The van der Waals surface area contributed by atoms with Crippen LogP contribution in [0.2, 0.25) is 0 Å². The first-order valence-corrected chi connectivity index (χ1v) is 4.44. The van der Waals surface area contributed by atoms with Gasteiger partial charge in [0, 0.05) is 12.8 Å². The van der Waals surface area contributed by atoms with Crippen molar-refractivity contribution in [3.8, 4) is 0 Å². The number of rotatable bonds is 2. The third-order valence-electron chi connectivity index (χ3n) is 2.65. The van der Waals surface area contributed by atoms with Crippen molar-refractivity contribution in [2.75, 3.05) is 0 Å². The second-order valence-corrected chi connectivity index (χ2v) is 3.63. The highest BCUT2D eigenvalue weighted by atomic mass is 16.1. The van der Waals surface area contributed by atoms with E-state index in [4.69, 9.17) is 0 Å². The predicted molar refractivity (Wildman–Crippen MR) is 50.8 cm³/mol. The number of Topliss-reactive ketones (excluding diaryl/α,β-unsaturated/α-hetero) is 1. The van der Waals surface area contributed by atoms with Gasteiger partial charge in [0.15, 0.2) is 0 Å². The summed E-state index contributed by atoms with van der Waals surface area (Å²) < 4.78 is 0. The third kappa shape index (κ3) is 1.84. The van der Waals surface area contributed by atoms with Crippen LogP contribution in [0.15, 0.2) is 24.8 Å². The maximum absolute atomic E-state index is 11.1. The molecule has 0 bridgehead atoms. The van der Waals surface area contributed by atoms with Crippen LogP contribution >= 0.6 is 0 Å². The second-order valence-electron chi connectivity index (χ2n) is 3.63. The Labute approximate surface area is 74.2 Å². The molecule has 1 aliphatic rings. The lowest BCUT2D eigenvalue weighted by atomic mass is 9.75. The SMILES string of the molecule is C=C[C@H]1CC(=O)CC[C@@H]1C(=C)C. The highest BCUT2D eigenvalue weighted by Crippen LogP contribution is 2.33. The van der Waals surface area contributed by atoms with Crippen LogP contribution in [0.3, 0.4) is 0 Å². The van der Waals surface area contributed by atoms with Gasteiger partial charge >= 0.3 is 0 Å². The Morgan fingerprint density at radius 1 is 1.67 bits per heavy atom. The van der Waals surface area contributed by atoms with Gasteiger partial charge in [0.05, 0.1) is 0 Å². The van der Waals surface area contributed by atoms with E-state index in [9.17, 15) is 4.79 Å². The molecule has 0 aromatic rings. The van der Waals surface area contributed by atoms with E-state index < -0.39 is 0 Å². The van der Waals surface area contributed by atoms with Crippen molar-refractivity contribution < 1.29 is 4.79 Å². The van der Waals surface area contributed by atoms with Crippen LogP contribution in [-0.4, -0.2) is 5.78 Å². The van der Waals surface area contributed by atoms with E-state index in [0.717, 1.165) is 12.8 Å². The van der Waals surface area contributed by atoms with Gasteiger partial charge in [0.25, 0.3) is 0 Å². The summed E-state index contributed by atoms with van der Waals surface area (Å²) >= 11 is 0. The summed E-state index contributed by atoms with van der Waals surface area (Å²) in [7, 11) is 0. The summed E-state index contributed by atoms with van der Waals surface area (Å²) in [5.41, 5.74) is 1.19. The van der Waals surface area contributed by atoms with Gasteiger partial charge in [-0.25, -0.2) is 0 Å². The van der Waals surface area contributed by atoms with Crippen LogP contribution < -0.4 is 0 Å². The molecule has 0 saturated heterocycles. The largest absolute Gasteiger partial charge is 0.300 e. The van der Waals surface area contributed by atoms with Crippen LogP contribution in [0.4, 0.5) is 0 Å². The monoisotopic (exact) mass is 164 g/mol. The maximum atomic E-state index is 11.1. The van der Waals surface area contributed by atoms with Crippen molar-refractivity contribution in [1.82, 2.24) is 0 Å². The quantitative estimate of drug-likeness (QED) is 0.573. The zero-order valence-electron chi connectivity index (χ0n) is 7.68. The lowest BCUT2D eigenvalue weighted by Gasteiger charge is -2.28. The zero-order chi connectivity index (χ0) is 9.14. The highest BCUT2D eigenvalue weighted by Gasteiger charge is 2.27. The average molecular weight is 164 g/mol. The topological polar surface area (TPSA) is 17.1 Å². The summed E-state index contributed by atoms with van der Waals surface area (Å²) in [5.74, 6) is 1.20. The number of carbonyl (C=O) groups excluding carboxylic acids is 1. The van der Waals surface area contributed by atoms with Crippen LogP contribution in [0, 0.1) is 11.8 Å². The standard InChI is InChI=1S/C11H16O/c1-4-9-7-10(12)5-6-11(9)8(2)3/h4,9,11H,1-2,5-7H2,3H3/t9-,11+/m0/s1. The van der Waals surface area contributed by atoms with Crippen LogP contribution in [0.1, 0.15) is 26.2 Å². The van der Waals surface area contributed by atoms with Crippen LogP contribution in [0.25, 0.3) is 0 Å². The molecule has 0 unspecified atom stereocenters. The molecule has 0 spiro atoms. The Bertz CT molecular complexity index is 215. The fourth-order valence-corrected chi connectivity index (χ4v) is 1.90. The van der Waals surface area contributed by atoms with Gasteiger partial charge < -0.3 is 0 Å². The fourth-order valence-electron chi connectivity index (χ4n) is 1.90. The second kappa shape index (κ2) is 3.70. The smallest absolute Gasteiger partial charge is 0.133 e. The molecule has 1 fully saturated rings. The molecule has 1 saturated carbocycles. The van der Waals surface area contributed by atoms with Gasteiger partial charge in [-0.15, -0.1) is 6.58 Å². The molecule has 0 aromatic heterocycles. The molecule has 0 heterocycles. The normalized spacial score (nSPS) is 29.9. The first-order chi connectivity index (χ1) is 5.65. The van der Waals surface area contributed by atoms with Crippen molar-refractivity contribution in [2.24, 2.45) is 11.8 Å². The van der Waals surface area contributed by atoms with E-state index in [1.165, 1.54) is 5.57 Å². The predicted octanol–water partition coefficient (Wildman–Crippen LogP) is 2.73. The van der Waals surface area contributed by atoms with Crippen LogP contribution in [0.5, 0.6) is 0 Å². The summed E-state index contributed by atoms with van der Waals surface area (Å²) in [4.78, 5) is 11.1. The Morgan fingerprint density at radius 2 is 2.33 bits per heavy atom. The first kappa shape index (κ1) is 9.24. The molecule has 1 nitrogen and oxygen atoms in total. The van der Waals surface area contributed by atoms with Crippen LogP contribution in [-0.2, 0) is 4.79 Å². The summed E-state index contributed by atoms with van der Waals surface area (Å²) in [5, 5.41) is 0. The third-order valence-corrected chi connectivity index (χ3v) is 2.65. The summed E-state index contributed by atoms with van der Waals surface area (Å²) in [6.07, 6.45) is 4.25. The van der Waals surface area contributed by atoms with E-state index >= 15 is 0 Å². The molecule has 2 atom stereocenters.